The molecule has 0 aromatic heterocycles. The summed E-state index contributed by atoms with van der Waals surface area (Å²) in [7, 11) is 0. The fraction of sp³-hybridized carbons (Fsp3) is 0.889. The average Bonchev–Trinajstić information content (AvgIpc) is 2.17. The minimum atomic E-state index is -7.29. The number of rotatable bonds is 2. The molecule has 15 heteroatoms. The zero-order valence-corrected chi connectivity index (χ0v) is 11.3. The van der Waals surface area contributed by atoms with Crippen LogP contribution >= 0.6 is 0 Å². The first-order chi connectivity index (χ1) is 10.1. The van der Waals surface area contributed by atoms with Crippen molar-refractivity contribution in [3.05, 3.63) is 0 Å². The Morgan fingerprint density at radius 1 is 0.583 bits per heavy atom. The smallest absolute Gasteiger partial charge is 0.419 e. The first-order valence-electron chi connectivity index (χ1n) is 5.29. The van der Waals surface area contributed by atoms with Gasteiger partial charge in [-0.25, -0.2) is 4.79 Å². The minimum Gasteiger partial charge on any atom is -0.419 e. The summed E-state index contributed by atoms with van der Waals surface area (Å²) in [6, 6.07) is 0. The quantitative estimate of drug-likeness (QED) is 0.497. The number of carbonyl (C=O) groups excluding carboxylic acids is 1. The van der Waals surface area contributed by atoms with E-state index < -0.39 is 42.1 Å². The summed E-state index contributed by atoms with van der Waals surface area (Å²) in [5, 5.41) is 0. The van der Waals surface area contributed by atoms with Crippen molar-refractivity contribution in [2.24, 2.45) is 0 Å². The SMILES string of the molecule is CC(C)(OC(=O)OC(C(F)(F)F)(C(F)(F)F)C(F)(F)F)C(F)(F)F. The largest absolute Gasteiger partial charge is 0.510 e. The third-order valence-corrected chi connectivity index (χ3v) is 2.46. The number of ether oxygens (including phenoxy) is 2. The highest BCUT2D eigenvalue weighted by Gasteiger charge is 2.87. The van der Waals surface area contributed by atoms with Crippen LogP contribution in [0.1, 0.15) is 13.8 Å². The van der Waals surface area contributed by atoms with Crippen LogP contribution in [0.5, 0.6) is 0 Å². The summed E-state index contributed by atoms with van der Waals surface area (Å²) >= 11 is 0. The fourth-order valence-corrected chi connectivity index (χ4v) is 1.07. The molecule has 0 aliphatic carbocycles. The molecule has 0 spiro atoms. The van der Waals surface area contributed by atoms with Crippen molar-refractivity contribution in [3.63, 3.8) is 0 Å². The summed E-state index contributed by atoms with van der Waals surface area (Å²) in [5.74, 6) is 0. The Morgan fingerprint density at radius 2 is 0.875 bits per heavy atom. The van der Waals surface area contributed by atoms with Crippen molar-refractivity contribution in [2.45, 2.75) is 49.8 Å². The molecular weight excluding hydrogens is 384 g/mol. The fourth-order valence-electron chi connectivity index (χ4n) is 1.07. The Morgan fingerprint density at radius 3 is 1.08 bits per heavy atom. The highest BCUT2D eigenvalue weighted by Crippen LogP contribution is 2.55. The van der Waals surface area contributed by atoms with E-state index in [-0.39, 0.29) is 13.8 Å². The van der Waals surface area contributed by atoms with Gasteiger partial charge < -0.3 is 9.47 Å². The van der Waals surface area contributed by atoms with E-state index >= 15 is 0 Å². The molecule has 0 N–H and O–H groups in total. The Balaban J connectivity index is 5.97. The van der Waals surface area contributed by atoms with Crippen molar-refractivity contribution in [2.75, 3.05) is 0 Å². The van der Waals surface area contributed by atoms with Gasteiger partial charge >= 0.3 is 36.5 Å². The van der Waals surface area contributed by atoms with Crippen LogP contribution < -0.4 is 0 Å². The molecule has 0 saturated heterocycles. The molecule has 0 rings (SSSR count). The lowest BCUT2D eigenvalue weighted by molar-refractivity contribution is -0.447. The van der Waals surface area contributed by atoms with Gasteiger partial charge in [0, 0.05) is 0 Å². The lowest BCUT2D eigenvalue weighted by Gasteiger charge is -2.37. The zero-order valence-electron chi connectivity index (χ0n) is 11.3. The van der Waals surface area contributed by atoms with Crippen molar-refractivity contribution in [1.82, 2.24) is 0 Å². The number of hydrogen-bond donors (Lipinski definition) is 0. The van der Waals surface area contributed by atoms with Gasteiger partial charge in [-0.2, -0.15) is 52.7 Å². The molecule has 0 heterocycles. The summed E-state index contributed by atoms with van der Waals surface area (Å²) in [6.07, 6.45) is -30.9. The molecule has 0 radical (unpaired) electrons. The van der Waals surface area contributed by atoms with E-state index in [1.807, 2.05) is 0 Å². The van der Waals surface area contributed by atoms with Gasteiger partial charge in [0.2, 0.25) is 5.60 Å². The van der Waals surface area contributed by atoms with E-state index in [1.165, 1.54) is 0 Å². The summed E-state index contributed by atoms with van der Waals surface area (Å²) in [4.78, 5) is 10.8. The molecule has 0 aliphatic heterocycles. The molecule has 24 heavy (non-hydrogen) atoms. The lowest BCUT2D eigenvalue weighted by atomic mass is 10.0. The van der Waals surface area contributed by atoms with Crippen molar-refractivity contribution in [1.29, 1.82) is 0 Å². The monoisotopic (exact) mass is 390 g/mol. The number of alkyl halides is 12. The van der Waals surface area contributed by atoms with Gasteiger partial charge in [-0.3, -0.25) is 0 Å². The zero-order chi connectivity index (χ0) is 20.0. The van der Waals surface area contributed by atoms with E-state index in [4.69, 9.17) is 0 Å². The molecule has 144 valence electrons. The van der Waals surface area contributed by atoms with Gasteiger partial charge in [0.1, 0.15) is 0 Å². The van der Waals surface area contributed by atoms with E-state index in [9.17, 15) is 57.5 Å². The standard InChI is InChI=1S/C9H6F12O3/c1-4(2,6(10,11)12)23-3(22)24-5(7(13,14)15,8(16,17)18)9(19,20)21/h1-2H3. The third kappa shape index (κ3) is 3.91. The molecule has 0 saturated carbocycles. The number of hydrogen-bond acceptors (Lipinski definition) is 3. The van der Waals surface area contributed by atoms with Crippen LogP contribution in [0.2, 0.25) is 0 Å². The third-order valence-electron chi connectivity index (χ3n) is 2.46. The number of halogens is 12. The van der Waals surface area contributed by atoms with E-state index in [2.05, 4.69) is 9.47 Å². The van der Waals surface area contributed by atoms with Gasteiger partial charge in [-0.1, -0.05) is 0 Å². The van der Waals surface area contributed by atoms with E-state index in [1.54, 1.807) is 0 Å². The highest BCUT2D eigenvalue weighted by atomic mass is 19.4. The second-order valence-electron chi connectivity index (χ2n) is 4.64. The molecule has 0 aliphatic rings. The Labute approximate surface area is 124 Å². The number of carbonyl (C=O) groups is 1. The van der Waals surface area contributed by atoms with E-state index in [0.717, 1.165) is 0 Å². The van der Waals surface area contributed by atoms with Gasteiger partial charge in [0.05, 0.1) is 0 Å². The Kier molecular flexibility index (Phi) is 5.38. The van der Waals surface area contributed by atoms with Crippen LogP contribution in [-0.4, -0.2) is 42.1 Å². The van der Waals surface area contributed by atoms with E-state index in [0.29, 0.717) is 0 Å². The minimum absolute atomic E-state index is 0.0370. The van der Waals surface area contributed by atoms with Crippen molar-refractivity contribution in [3.8, 4) is 0 Å². The summed E-state index contributed by atoms with van der Waals surface area (Å²) < 4.78 is 154. The van der Waals surface area contributed by atoms with Crippen molar-refractivity contribution < 1.29 is 67.0 Å². The molecule has 3 nitrogen and oxygen atoms in total. The normalized spacial score (nSPS) is 15.2. The van der Waals surface area contributed by atoms with Crippen LogP contribution in [-0.2, 0) is 9.47 Å². The second kappa shape index (κ2) is 5.75. The maximum absolute atomic E-state index is 12.4. The molecule has 0 aromatic carbocycles. The van der Waals surface area contributed by atoms with Gasteiger partial charge in [-0.15, -0.1) is 0 Å². The molecule has 0 atom stereocenters. The van der Waals surface area contributed by atoms with Gasteiger partial charge in [-0.05, 0) is 13.8 Å². The van der Waals surface area contributed by atoms with Gasteiger partial charge in [0.15, 0.2) is 0 Å². The topological polar surface area (TPSA) is 35.5 Å². The van der Waals surface area contributed by atoms with Crippen LogP contribution in [0.4, 0.5) is 57.5 Å². The van der Waals surface area contributed by atoms with Crippen LogP contribution in [0.3, 0.4) is 0 Å². The predicted octanol–water partition coefficient (Wildman–Crippen LogP) is 4.91. The van der Waals surface area contributed by atoms with Gasteiger partial charge in [0.25, 0.3) is 0 Å². The Hall–Kier alpha value is -1.57. The molecule has 0 bridgehead atoms. The first-order valence-corrected chi connectivity index (χ1v) is 5.29. The molecular formula is C9H6F12O3. The predicted molar refractivity (Wildman–Crippen MR) is 48.6 cm³/mol. The maximum Gasteiger partial charge on any atom is 0.510 e. The molecule has 0 unspecified atom stereocenters. The highest BCUT2D eigenvalue weighted by molar-refractivity contribution is 5.62. The Bertz CT molecular complexity index is 430. The lowest BCUT2D eigenvalue weighted by Crippen LogP contribution is -2.68. The van der Waals surface area contributed by atoms with Crippen LogP contribution in [0.25, 0.3) is 0 Å². The first kappa shape index (κ1) is 22.4. The average molecular weight is 390 g/mol. The molecule has 0 amide bonds. The summed E-state index contributed by atoms with van der Waals surface area (Å²) in [5.41, 5.74) is -10.8. The van der Waals surface area contributed by atoms with Crippen molar-refractivity contribution >= 4 is 6.16 Å². The van der Waals surface area contributed by atoms with Crippen LogP contribution in [0, 0.1) is 0 Å². The molecule has 0 fully saturated rings. The maximum atomic E-state index is 12.4. The molecule has 0 aromatic rings. The second-order valence-corrected chi connectivity index (χ2v) is 4.64. The summed E-state index contributed by atoms with van der Waals surface area (Å²) in [6.45, 7) is -0.0740. The van der Waals surface area contributed by atoms with Crippen LogP contribution in [0.15, 0.2) is 0 Å².